The minimum Gasteiger partial charge on any atom is -0.389 e. The monoisotopic (exact) mass is 200 g/mol. The molecule has 1 amide bonds. The molecule has 0 spiro atoms. The van der Waals surface area contributed by atoms with E-state index in [9.17, 15) is 9.90 Å². The highest BCUT2D eigenvalue weighted by molar-refractivity contribution is 5.76. The van der Waals surface area contributed by atoms with E-state index in [1.165, 1.54) is 0 Å². The van der Waals surface area contributed by atoms with Gasteiger partial charge in [0, 0.05) is 20.0 Å². The van der Waals surface area contributed by atoms with Crippen molar-refractivity contribution in [2.24, 2.45) is 5.92 Å². The van der Waals surface area contributed by atoms with Crippen molar-refractivity contribution in [2.75, 3.05) is 26.7 Å². The molecule has 82 valence electrons. The second-order valence-corrected chi connectivity index (χ2v) is 4.79. The van der Waals surface area contributed by atoms with E-state index in [2.05, 4.69) is 5.32 Å². The lowest BCUT2D eigenvalue weighted by Gasteiger charge is -2.30. The van der Waals surface area contributed by atoms with Crippen molar-refractivity contribution in [3.8, 4) is 0 Å². The van der Waals surface area contributed by atoms with Gasteiger partial charge in [-0.1, -0.05) is 0 Å². The van der Waals surface area contributed by atoms with E-state index in [1.54, 1.807) is 25.8 Å². The predicted octanol–water partition coefficient (Wildman–Crippen LogP) is -0.175. The molecule has 1 aliphatic heterocycles. The van der Waals surface area contributed by atoms with Gasteiger partial charge in [0.15, 0.2) is 0 Å². The Hall–Kier alpha value is -0.610. The van der Waals surface area contributed by atoms with Crippen LogP contribution in [0.4, 0.5) is 0 Å². The fourth-order valence-corrected chi connectivity index (χ4v) is 1.56. The highest BCUT2D eigenvalue weighted by Crippen LogP contribution is 2.11. The minimum absolute atomic E-state index is 0.124. The Bertz CT molecular complexity index is 207. The molecule has 0 aromatic rings. The second kappa shape index (κ2) is 4.28. The van der Waals surface area contributed by atoms with Crippen molar-refractivity contribution in [1.82, 2.24) is 10.2 Å². The smallest absolute Gasteiger partial charge is 0.222 e. The number of carbonyl (C=O) groups excluding carboxylic acids is 1. The first-order valence-corrected chi connectivity index (χ1v) is 5.05. The Kier molecular flexibility index (Phi) is 3.50. The third-order valence-corrected chi connectivity index (χ3v) is 2.38. The number of nitrogens with zero attached hydrogens (tertiary/aromatic N) is 1. The molecule has 1 fully saturated rings. The SMILES string of the molecule is CN(CC(C)(C)O)C(=O)CC1CNC1. The molecule has 0 radical (unpaired) electrons. The second-order valence-electron chi connectivity index (χ2n) is 4.79. The molecule has 1 heterocycles. The maximum absolute atomic E-state index is 11.6. The number of aliphatic hydroxyl groups is 1. The number of rotatable bonds is 4. The van der Waals surface area contributed by atoms with Gasteiger partial charge in [-0.05, 0) is 32.9 Å². The molecule has 0 aliphatic carbocycles. The van der Waals surface area contributed by atoms with Gasteiger partial charge in [-0.25, -0.2) is 0 Å². The van der Waals surface area contributed by atoms with Crippen LogP contribution < -0.4 is 5.32 Å². The maximum Gasteiger partial charge on any atom is 0.222 e. The molecule has 1 rings (SSSR count). The molecule has 2 N–H and O–H groups in total. The fraction of sp³-hybridized carbons (Fsp3) is 0.900. The Morgan fingerprint density at radius 2 is 2.14 bits per heavy atom. The van der Waals surface area contributed by atoms with E-state index in [0.717, 1.165) is 13.1 Å². The van der Waals surface area contributed by atoms with Gasteiger partial charge in [0.2, 0.25) is 5.91 Å². The number of nitrogens with one attached hydrogen (secondary N) is 1. The van der Waals surface area contributed by atoms with Gasteiger partial charge in [0.05, 0.1) is 5.60 Å². The van der Waals surface area contributed by atoms with Gasteiger partial charge in [-0.3, -0.25) is 4.79 Å². The van der Waals surface area contributed by atoms with Crippen LogP contribution in [0.1, 0.15) is 20.3 Å². The standard InChI is InChI=1S/C10H20N2O2/c1-10(2,14)7-12(3)9(13)4-8-5-11-6-8/h8,11,14H,4-7H2,1-3H3. The first-order valence-electron chi connectivity index (χ1n) is 5.05. The van der Waals surface area contributed by atoms with Gasteiger partial charge in [0.1, 0.15) is 0 Å². The first-order chi connectivity index (χ1) is 6.38. The fourth-order valence-electron chi connectivity index (χ4n) is 1.56. The summed E-state index contributed by atoms with van der Waals surface area (Å²) in [7, 11) is 1.74. The molecule has 0 aromatic carbocycles. The molecule has 0 saturated carbocycles. The number of amides is 1. The highest BCUT2D eigenvalue weighted by atomic mass is 16.3. The van der Waals surface area contributed by atoms with Gasteiger partial charge in [-0.2, -0.15) is 0 Å². The van der Waals surface area contributed by atoms with Crippen LogP contribution in [0.2, 0.25) is 0 Å². The molecule has 0 unspecified atom stereocenters. The van der Waals surface area contributed by atoms with E-state index in [4.69, 9.17) is 0 Å². The number of likely N-dealkylation sites (N-methyl/N-ethyl adjacent to an activating group) is 1. The first kappa shape index (κ1) is 11.5. The summed E-state index contributed by atoms with van der Waals surface area (Å²) in [5.41, 5.74) is -0.803. The van der Waals surface area contributed by atoms with E-state index in [-0.39, 0.29) is 5.91 Å². The zero-order valence-electron chi connectivity index (χ0n) is 9.21. The zero-order valence-corrected chi connectivity index (χ0v) is 9.21. The van der Waals surface area contributed by atoms with Crippen LogP contribution in [0.5, 0.6) is 0 Å². The minimum atomic E-state index is -0.803. The molecule has 0 atom stereocenters. The third kappa shape index (κ3) is 3.64. The number of hydrogen-bond acceptors (Lipinski definition) is 3. The van der Waals surface area contributed by atoms with E-state index >= 15 is 0 Å². The van der Waals surface area contributed by atoms with Crippen molar-refractivity contribution in [3.05, 3.63) is 0 Å². The lowest BCUT2D eigenvalue weighted by molar-refractivity contribution is -0.133. The Labute approximate surface area is 85.3 Å². The van der Waals surface area contributed by atoms with Gasteiger partial charge < -0.3 is 15.3 Å². The molecule has 0 aromatic heterocycles. The largest absolute Gasteiger partial charge is 0.389 e. The molecule has 1 saturated heterocycles. The average Bonchev–Trinajstić information content (AvgIpc) is 1.92. The topological polar surface area (TPSA) is 52.6 Å². The number of carbonyl (C=O) groups is 1. The van der Waals surface area contributed by atoms with Crippen LogP contribution in [0, 0.1) is 5.92 Å². The Balaban J connectivity index is 2.28. The van der Waals surface area contributed by atoms with E-state index < -0.39 is 5.60 Å². The van der Waals surface area contributed by atoms with Crippen LogP contribution in [0.25, 0.3) is 0 Å². The van der Waals surface area contributed by atoms with E-state index in [0.29, 0.717) is 18.9 Å². The normalized spacial score (nSPS) is 17.7. The third-order valence-electron chi connectivity index (χ3n) is 2.38. The zero-order chi connectivity index (χ0) is 10.8. The summed E-state index contributed by atoms with van der Waals surface area (Å²) in [6.45, 7) is 5.71. The molecule has 1 aliphatic rings. The van der Waals surface area contributed by atoms with Crippen molar-refractivity contribution < 1.29 is 9.90 Å². The highest BCUT2D eigenvalue weighted by Gasteiger charge is 2.24. The molecular formula is C10H20N2O2. The van der Waals surface area contributed by atoms with Gasteiger partial charge in [0.25, 0.3) is 0 Å². The van der Waals surface area contributed by atoms with Crippen LogP contribution >= 0.6 is 0 Å². The Morgan fingerprint density at radius 3 is 2.50 bits per heavy atom. The molecule has 4 heteroatoms. The van der Waals surface area contributed by atoms with Crippen LogP contribution in [-0.2, 0) is 4.79 Å². The summed E-state index contributed by atoms with van der Waals surface area (Å²) >= 11 is 0. The lowest BCUT2D eigenvalue weighted by atomic mass is 9.98. The number of hydrogen-bond donors (Lipinski definition) is 2. The summed E-state index contributed by atoms with van der Waals surface area (Å²) < 4.78 is 0. The van der Waals surface area contributed by atoms with Crippen molar-refractivity contribution >= 4 is 5.91 Å². The maximum atomic E-state index is 11.6. The summed E-state index contributed by atoms with van der Waals surface area (Å²) in [6, 6.07) is 0. The van der Waals surface area contributed by atoms with Crippen LogP contribution in [-0.4, -0.2) is 48.2 Å². The van der Waals surface area contributed by atoms with Crippen molar-refractivity contribution in [1.29, 1.82) is 0 Å². The summed E-state index contributed by atoms with van der Waals surface area (Å²) in [4.78, 5) is 13.2. The van der Waals surface area contributed by atoms with E-state index in [1.807, 2.05) is 0 Å². The summed E-state index contributed by atoms with van der Waals surface area (Å²) in [6.07, 6.45) is 0.597. The predicted molar refractivity (Wildman–Crippen MR) is 54.9 cm³/mol. The molecule has 14 heavy (non-hydrogen) atoms. The van der Waals surface area contributed by atoms with Crippen molar-refractivity contribution in [3.63, 3.8) is 0 Å². The van der Waals surface area contributed by atoms with Gasteiger partial charge in [-0.15, -0.1) is 0 Å². The quantitative estimate of drug-likeness (QED) is 0.662. The van der Waals surface area contributed by atoms with Gasteiger partial charge >= 0.3 is 0 Å². The Morgan fingerprint density at radius 1 is 1.57 bits per heavy atom. The van der Waals surface area contributed by atoms with Crippen LogP contribution in [0.3, 0.4) is 0 Å². The summed E-state index contributed by atoms with van der Waals surface area (Å²) in [5.74, 6) is 0.616. The van der Waals surface area contributed by atoms with Crippen LogP contribution in [0.15, 0.2) is 0 Å². The molecule has 4 nitrogen and oxygen atoms in total. The average molecular weight is 200 g/mol. The molecule has 0 bridgehead atoms. The molecular weight excluding hydrogens is 180 g/mol. The lowest BCUT2D eigenvalue weighted by Crippen LogP contribution is -2.46. The van der Waals surface area contributed by atoms with Crippen molar-refractivity contribution in [2.45, 2.75) is 25.9 Å². The summed E-state index contributed by atoms with van der Waals surface area (Å²) in [5, 5.41) is 12.7.